The van der Waals surface area contributed by atoms with Gasteiger partial charge < -0.3 is 5.73 Å². The summed E-state index contributed by atoms with van der Waals surface area (Å²) in [7, 11) is 0. The highest BCUT2D eigenvalue weighted by atomic mass is 127. The Bertz CT molecular complexity index is 396. The lowest BCUT2D eigenvalue weighted by molar-refractivity contribution is 0.297. The van der Waals surface area contributed by atoms with E-state index in [0.29, 0.717) is 5.41 Å². The van der Waals surface area contributed by atoms with Crippen LogP contribution < -0.4 is 5.73 Å². The highest BCUT2D eigenvalue weighted by molar-refractivity contribution is 14.1. The normalized spacial score (nSPS) is 27.8. The van der Waals surface area contributed by atoms with Gasteiger partial charge in [-0.1, -0.05) is 32.4 Å². The fraction of sp³-hybridized carbons (Fsp3) is 0.625. The molecule has 1 fully saturated rings. The maximum absolute atomic E-state index is 6.65. The molecule has 0 aliphatic heterocycles. The molecule has 0 amide bonds. The van der Waals surface area contributed by atoms with Crippen molar-refractivity contribution in [2.75, 3.05) is 0 Å². The number of rotatable bonds is 2. The Hall–Kier alpha value is -0.0900. The van der Waals surface area contributed by atoms with Gasteiger partial charge in [0.05, 0.1) is 0 Å². The number of nitrogens with two attached hydrogens (primary N) is 1. The summed E-state index contributed by atoms with van der Waals surface area (Å²) in [6, 6.07) is 8.82. The van der Waals surface area contributed by atoms with E-state index in [0.717, 1.165) is 12.8 Å². The van der Waals surface area contributed by atoms with Crippen LogP contribution in [0.15, 0.2) is 24.3 Å². The predicted molar refractivity (Wildman–Crippen MR) is 86.6 cm³/mol. The fourth-order valence-electron chi connectivity index (χ4n) is 2.94. The van der Waals surface area contributed by atoms with E-state index in [4.69, 9.17) is 5.73 Å². The van der Waals surface area contributed by atoms with Crippen molar-refractivity contribution in [3.63, 3.8) is 0 Å². The van der Waals surface area contributed by atoms with Crippen molar-refractivity contribution in [2.45, 2.75) is 57.9 Å². The molecule has 1 nitrogen and oxygen atoms in total. The highest BCUT2D eigenvalue weighted by Gasteiger charge is 2.32. The van der Waals surface area contributed by atoms with Crippen molar-refractivity contribution < 1.29 is 0 Å². The molecule has 2 rings (SSSR count). The van der Waals surface area contributed by atoms with Gasteiger partial charge in [0.15, 0.2) is 0 Å². The number of hydrogen-bond donors (Lipinski definition) is 1. The average Bonchev–Trinajstić information content (AvgIpc) is 2.42. The van der Waals surface area contributed by atoms with Crippen molar-refractivity contribution in [1.82, 2.24) is 0 Å². The Labute approximate surface area is 125 Å². The van der Waals surface area contributed by atoms with Crippen LogP contribution in [-0.2, 0) is 6.42 Å². The highest BCUT2D eigenvalue weighted by Crippen LogP contribution is 2.38. The molecule has 0 spiro atoms. The molecule has 1 aliphatic carbocycles. The maximum atomic E-state index is 6.65. The molecule has 18 heavy (non-hydrogen) atoms. The summed E-state index contributed by atoms with van der Waals surface area (Å²) < 4.78 is 1.30. The zero-order chi connectivity index (χ0) is 13.2. The van der Waals surface area contributed by atoms with Crippen LogP contribution in [0.1, 0.15) is 51.5 Å². The Morgan fingerprint density at radius 2 is 1.72 bits per heavy atom. The van der Waals surface area contributed by atoms with Gasteiger partial charge in [-0.05, 0) is 77.8 Å². The van der Waals surface area contributed by atoms with Crippen LogP contribution in [0.5, 0.6) is 0 Å². The van der Waals surface area contributed by atoms with Crippen molar-refractivity contribution in [2.24, 2.45) is 11.1 Å². The van der Waals surface area contributed by atoms with E-state index >= 15 is 0 Å². The first kappa shape index (κ1) is 14.3. The first-order valence-corrected chi connectivity index (χ1v) is 8.00. The standard InChI is InChI=1S/C16H24IN/c1-15(2)8-3-9-16(18,11-10-15)12-13-4-6-14(17)7-5-13/h4-7H,3,8-12,18H2,1-2H3. The quantitative estimate of drug-likeness (QED) is 0.611. The topological polar surface area (TPSA) is 26.0 Å². The van der Waals surface area contributed by atoms with Gasteiger partial charge >= 0.3 is 0 Å². The van der Waals surface area contributed by atoms with Gasteiger partial charge in [0.1, 0.15) is 0 Å². The van der Waals surface area contributed by atoms with Crippen LogP contribution in [0.3, 0.4) is 0 Å². The second-order valence-corrected chi connectivity index (χ2v) is 7.93. The zero-order valence-electron chi connectivity index (χ0n) is 11.5. The Morgan fingerprint density at radius 3 is 2.39 bits per heavy atom. The molecular weight excluding hydrogens is 333 g/mol. The van der Waals surface area contributed by atoms with Crippen LogP contribution in [-0.4, -0.2) is 5.54 Å². The van der Waals surface area contributed by atoms with Crippen molar-refractivity contribution in [1.29, 1.82) is 0 Å². The molecule has 0 saturated heterocycles. The van der Waals surface area contributed by atoms with Crippen molar-refractivity contribution in [3.8, 4) is 0 Å². The number of halogens is 1. The molecule has 0 aromatic heterocycles. The molecular formula is C16H24IN. The van der Waals surface area contributed by atoms with Crippen LogP contribution >= 0.6 is 22.6 Å². The third kappa shape index (κ3) is 3.95. The summed E-state index contributed by atoms with van der Waals surface area (Å²) in [5, 5.41) is 0. The Kier molecular flexibility index (Phi) is 4.37. The molecule has 0 radical (unpaired) electrons. The van der Waals surface area contributed by atoms with Gasteiger partial charge in [0.25, 0.3) is 0 Å². The molecule has 2 N–H and O–H groups in total. The van der Waals surface area contributed by atoms with Crippen molar-refractivity contribution >= 4 is 22.6 Å². The zero-order valence-corrected chi connectivity index (χ0v) is 13.7. The minimum absolute atomic E-state index is 0.0144. The van der Waals surface area contributed by atoms with Crippen molar-refractivity contribution in [3.05, 3.63) is 33.4 Å². The second kappa shape index (κ2) is 5.49. The molecule has 2 heteroatoms. The molecule has 1 unspecified atom stereocenters. The molecule has 0 bridgehead atoms. The molecule has 100 valence electrons. The molecule has 1 atom stereocenters. The summed E-state index contributed by atoms with van der Waals surface area (Å²) in [5.74, 6) is 0. The molecule has 1 aromatic carbocycles. The number of benzene rings is 1. The van der Waals surface area contributed by atoms with Gasteiger partial charge in [-0.2, -0.15) is 0 Å². The molecule has 1 saturated carbocycles. The van der Waals surface area contributed by atoms with Gasteiger partial charge in [-0.25, -0.2) is 0 Å². The van der Waals surface area contributed by atoms with E-state index in [-0.39, 0.29) is 5.54 Å². The van der Waals surface area contributed by atoms with E-state index in [1.54, 1.807) is 0 Å². The largest absolute Gasteiger partial charge is 0.325 e. The Morgan fingerprint density at radius 1 is 1.06 bits per heavy atom. The fourth-order valence-corrected chi connectivity index (χ4v) is 3.30. The minimum atomic E-state index is 0.0144. The summed E-state index contributed by atoms with van der Waals surface area (Å²) >= 11 is 2.35. The lowest BCUT2D eigenvalue weighted by atomic mass is 9.82. The Balaban J connectivity index is 2.05. The summed E-state index contributed by atoms with van der Waals surface area (Å²) in [6.07, 6.45) is 7.20. The third-order valence-electron chi connectivity index (χ3n) is 4.30. The first-order valence-electron chi connectivity index (χ1n) is 6.92. The van der Waals surface area contributed by atoms with E-state index in [1.807, 2.05) is 0 Å². The van der Waals surface area contributed by atoms with Gasteiger partial charge in [0.2, 0.25) is 0 Å². The van der Waals surface area contributed by atoms with E-state index in [1.165, 1.54) is 34.8 Å². The minimum Gasteiger partial charge on any atom is -0.325 e. The summed E-state index contributed by atoms with van der Waals surface area (Å²) in [4.78, 5) is 0. The van der Waals surface area contributed by atoms with E-state index < -0.39 is 0 Å². The smallest absolute Gasteiger partial charge is 0.0195 e. The second-order valence-electron chi connectivity index (χ2n) is 6.68. The SMILES string of the molecule is CC1(C)CCCC(N)(Cc2ccc(I)cc2)CC1. The van der Waals surface area contributed by atoms with Crippen LogP contribution in [0.2, 0.25) is 0 Å². The van der Waals surface area contributed by atoms with Gasteiger partial charge in [-0.3, -0.25) is 0 Å². The van der Waals surface area contributed by atoms with Gasteiger partial charge in [-0.15, -0.1) is 0 Å². The van der Waals surface area contributed by atoms with E-state index in [2.05, 4.69) is 60.7 Å². The predicted octanol–water partition coefficient (Wildman–Crippen LogP) is 4.52. The molecule has 0 heterocycles. The number of hydrogen-bond acceptors (Lipinski definition) is 1. The first-order chi connectivity index (χ1) is 8.39. The lowest BCUT2D eigenvalue weighted by Crippen LogP contribution is -2.41. The molecule has 1 aromatic rings. The van der Waals surface area contributed by atoms with Crippen LogP contribution in [0, 0.1) is 8.99 Å². The van der Waals surface area contributed by atoms with Crippen LogP contribution in [0.25, 0.3) is 0 Å². The third-order valence-corrected chi connectivity index (χ3v) is 5.02. The maximum Gasteiger partial charge on any atom is 0.0195 e. The van der Waals surface area contributed by atoms with E-state index in [9.17, 15) is 0 Å². The summed E-state index contributed by atoms with van der Waals surface area (Å²) in [5.41, 5.74) is 8.53. The van der Waals surface area contributed by atoms with Crippen LogP contribution in [0.4, 0.5) is 0 Å². The average molecular weight is 357 g/mol. The monoisotopic (exact) mass is 357 g/mol. The lowest BCUT2D eigenvalue weighted by Gasteiger charge is -2.29. The van der Waals surface area contributed by atoms with Gasteiger partial charge in [0, 0.05) is 9.11 Å². The molecule has 1 aliphatic rings. The summed E-state index contributed by atoms with van der Waals surface area (Å²) in [6.45, 7) is 4.76.